The SMILES string of the molecule is C=CCOc1c(Cl)cc([C@H]2C(C(=O)OCC)=C(C)N=C3SC=CN32)cc1OCC. The molecule has 0 bridgehead atoms. The van der Waals surface area contributed by atoms with Crippen LogP contribution < -0.4 is 9.47 Å². The molecule has 0 N–H and O–H groups in total. The summed E-state index contributed by atoms with van der Waals surface area (Å²) in [5.74, 6) is 0.563. The van der Waals surface area contributed by atoms with Crippen LogP contribution in [0.3, 0.4) is 0 Å². The highest BCUT2D eigenvalue weighted by Gasteiger charge is 2.38. The van der Waals surface area contributed by atoms with E-state index in [1.807, 2.05) is 36.4 Å². The number of aliphatic imine (C=N–C) groups is 1. The van der Waals surface area contributed by atoms with Crippen LogP contribution in [0.1, 0.15) is 32.4 Å². The standard InChI is InChI=1S/C21H23ClN2O4S/c1-5-9-28-19-15(22)11-14(12-16(19)26-6-2)18-17(20(25)27-7-3)13(4)23-21-24(18)8-10-29-21/h5,8,10-12,18H,1,6-7,9H2,2-4H3/t18-/m0/s1. The van der Waals surface area contributed by atoms with Crippen molar-refractivity contribution in [3.63, 3.8) is 0 Å². The number of nitrogens with zero attached hydrogens (tertiary/aromatic N) is 2. The maximum Gasteiger partial charge on any atom is 0.338 e. The van der Waals surface area contributed by atoms with Gasteiger partial charge in [0.25, 0.3) is 0 Å². The number of hydrogen-bond acceptors (Lipinski definition) is 7. The van der Waals surface area contributed by atoms with Crippen LogP contribution in [0.15, 0.2) is 52.7 Å². The fourth-order valence-corrected chi connectivity index (χ4v) is 4.25. The van der Waals surface area contributed by atoms with E-state index in [0.29, 0.717) is 41.0 Å². The van der Waals surface area contributed by atoms with Crippen molar-refractivity contribution < 1.29 is 19.0 Å². The molecule has 1 aromatic rings. The monoisotopic (exact) mass is 434 g/mol. The van der Waals surface area contributed by atoms with E-state index in [1.54, 1.807) is 19.1 Å². The highest BCUT2D eigenvalue weighted by Crippen LogP contribution is 2.45. The summed E-state index contributed by atoms with van der Waals surface area (Å²) >= 11 is 8.05. The van der Waals surface area contributed by atoms with Gasteiger partial charge in [0.15, 0.2) is 16.7 Å². The molecule has 29 heavy (non-hydrogen) atoms. The van der Waals surface area contributed by atoms with Crippen LogP contribution in [-0.4, -0.2) is 35.9 Å². The van der Waals surface area contributed by atoms with Crippen molar-refractivity contribution in [1.82, 2.24) is 4.90 Å². The predicted octanol–water partition coefficient (Wildman–Crippen LogP) is 5.07. The molecule has 2 aliphatic heterocycles. The minimum absolute atomic E-state index is 0.281. The van der Waals surface area contributed by atoms with E-state index in [0.717, 1.165) is 10.7 Å². The molecule has 6 nitrogen and oxygen atoms in total. The lowest BCUT2D eigenvalue weighted by atomic mass is 9.94. The molecule has 0 amide bonds. The van der Waals surface area contributed by atoms with Crippen molar-refractivity contribution in [2.24, 2.45) is 4.99 Å². The molecule has 0 spiro atoms. The molecule has 0 saturated heterocycles. The van der Waals surface area contributed by atoms with Crippen molar-refractivity contribution >= 4 is 34.5 Å². The van der Waals surface area contributed by atoms with Gasteiger partial charge in [-0.2, -0.15) is 0 Å². The highest BCUT2D eigenvalue weighted by molar-refractivity contribution is 8.16. The molecule has 154 valence electrons. The summed E-state index contributed by atoms with van der Waals surface area (Å²) in [5, 5.41) is 3.12. The van der Waals surface area contributed by atoms with Crippen LogP contribution >= 0.6 is 23.4 Å². The number of thioether (sulfide) groups is 1. The number of halogens is 1. The molecule has 1 atom stereocenters. The van der Waals surface area contributed by atoms with Gasteiger partial charge in [0.05, 0.1) is 35.5 Å². The van der Waals surface area contributed by atoms with Crippen molar-refractivity contribution in [1.29, 1.82) is 0 Å². The second-order valence-corrected chi connectivity index (χ2v) is 7.47. The summed E-state index contributed by atoms with van der Waals surface area (Å²) in [6.45, 7) is 10.2. The first-order valence-electron chi connectivity index (χ1n) is 9.29. The summed E-state index contributed by atoms with van der Waals surface area (Å²) in [7, 11) is 0. The van der Waals surface area contributed by atoms with Gasteiger partial charge in [0.1, 0.15) is 6.61 Å². The Morgan fingerprint density at radius 2 is 2.14 bits per heavy atom. The minimum Gasteiger partial charge on any atom is -0.490 e. The van der Waals surface area contributed by atoms with Gasteiger partial charge >= 0.3 is 5.97 Å². The third-order valence-electron chi connectivity index (χ3n) is 4.31. The van der Waals surface area contributed by atoms with Gasteiger partial charge in [-0.3, -0.25) is 0 Å². The second kappa shape index (κ2) is 9.41. The van der Waals surface area contributed by atoms with Gasteiger partial charge in [-0.1, -0.05) is 36.0 Å². The van der Waals surface area contributed by atoms with Gasteiger partial charge in [0.2, 0.25) is 0 Å². The number of hydrogen-bond donors (Lipinski definition) is 0. The van der Waals surface area contributed by atoms with Gasteiger partial charge in [0, 0.05) is 6.20 Å². The molecule has 3 rings (SSSR count). The predicted molar refractivity (Wildman–Crippen MR) is 116 cm³/mol. The molecule has 0 saturated carbocycles. The van der Waals surface area contributed by atoms with E-state index >= 15 is 0 Å². The largest absolute Gasteiger partial charge is 0.490 e. The number of allylic oxidation sites excluding steroid dienone is 1. The zero-order valence-corrected chi connectivity index (χ0v) is 18.2. The molecule has 0 fully saturated rings. The van der Waals surface area contributed by atoms with Crippen LogP contribution in [0.5, 0.6) is 11.5 Å². The fraction of sp³-hybridized carbons (Fsp3) is 0.333. The maximum absolute atomic E-state index is 12.8. The van der Waals surface area contributed by atoms with E-state index in [4.69, 9.17) is 25.8 Å². The van der Waals surface area contributed by atoms with Gasteiger partial charge in [-0.25, -0.2) is 9.79 Å². The summed E-state index contributed by atoms with van der Waals surface area (Å²) in [6, 6.07) is 3.21. The first-order chi connectivity index (χ1) is 14.0. The number of rotatable bonds is 8. The molecule has 0 aliphatic carbocycles. The summed E-state index contributed by atoms with van der Waals surface area (Å²) < 4.78 is 16.8. The first-order valence-corrected chi connectivity index (χ1v) is 10.6. The Balaban J connectivity index is 2.12. The van der Waals surface area contributed by atoms with E-state index in [1.165, 1.54) is 11.8 Å². The molecule has 8 heteroatoms. The molecular formula is C21H23ClN2O4S. The lowest BCUT2D eigenvalue weighted by Gasteiger charge is -2.33. The van der Waals surface area contributed by atoms with Gasteiger partial charge in [-0.05, 0) is 43.9 Å². The average molecular weight is 435 g/mol. The number of fused-ring (bicyclic) bond motifs is 1. The van der Waals surface area contributed by atoms with Crippen molar-refractivity contribution in [2.75, 3.05) is 19.8 Å². The summed E-state index contributed by atoms with van der Waals surface area (Å²) in [4.78, 5) is 19.3. The number of amidine groups is 1. The Kier molecular flexibility index (Phi) is 6.92. The third-order valence-corrected chi connectivity index (χ3v) is 5.36. The molecular weight excluding hydrogens is 412 g/mol. The minimum atomic E-state index is -0.432. The number of ether oxygens (including phenoxy) is 3. The van der Waals surface area contributed by atoms with E-state index in [2.05, 4.69) is 11.6 Å². The van der Waals surface area contributed by atoms with E-state index in [-0.39, 0.29) is 6.61 Å². The molecule has 0 aromatic heterocycles. The number of carbonyl (C=O) groups excluding carboxylic acids is 1. The lowest BCUT2D eigenvalue weighted by Crippen LogP contribution is -2.34. The average Bonchev–Trinajstić information content (AvgIpc) is 3.14. The first kappa shape index (κ1) is 21.3. The van der Waals surface area contributed by atoms with Crippen molar-refractivity contribution in [3.8, 4) is 11.5 Å². The number of carbonyl (C=O) groups is 1. The molecule has 1 aromatic carbocycles. The van der Waals surface area contributed by atoms with Crippen molar-refractivity contribution in [3.05, 3.63) is 58.3 Å². The number of esters is 1. The molecule has 2 aliphatic rings. The molecule has 0 unspecified atom stereocenters. The second-order valence-electron chi connectivity index (χ2n) is 6.19. The Labute approximate surface area is 179 Å². The Bertz CT molecular complexity index is 910. The highest BCUT2D eigenvalue weighted by atomic mass is 35.5. The smallest absolute Gasteiger partial charge is 0.338 e. The van der Waals surface area contributed by atoms with E-state index < -0.39 is 12.0 Å². The molecule has 2 heterocycles. The van der Waals surface area contributed by atoms with Crippen LogP contribution in [0, 0.1) is 0 Å². The Morgan fingerprint density at radius 1 is 1.34 bits per heavy atom. The topological polar surface area (TPSA) is 60.4 Å². The zero-order chi connectivity index (χ0) is 21.0. The normalized spacial score (nSPS) is 17.7. The van der Waals surface area contributed by atoms with Crippen molar-refractivity contribution in [2.45, 2.75) is 26.8 Å². The van der Waals surface area contributed by atoms with E-state index in [9.17, 15) is 4.79 Å². The van der Waals surface area contributed by atoms with Gasteiger partial charge < -0.3 is 19.1 Å². The fourth-order valence-electron chi connectivity index (χ4n) is 3.19. The molecule has 0 radical (unpaired) electrons. The zero-order valence-electron chi connectivity index (χ0n) is 16.6. The summed E-state index contributed by atoms with van der Waals surface area (Å²) in [6.07, 6.45) is 3.54. The van der Waals surface area contributed by atoms with Gasteiger partial charge in [-0.15, -0.1) is 0 Å². The number of benzene rings is 1. The maximum atomic E-state index is 12.8. The summed E-state index contributed by atoms with van der Waals surface area (Å²) in [5.41, 5.74) is 1.88. The van der Waals surface area contributed by atoms with Crippen LogP contribution in [0.2, 0.25) is 5.02 Å². The Morgan fingerprint density at radius 3 is 2.83 bits per heavy atom. The van der Waals surface area contributed by atoms with Crippen LogP contribution in [-0.2, 0) is 9.53 Å². The lowest BCUT2D eigenvalue weighted by molar-refractivity contribution is -0.139. The van der Waals surface area contributed by atoms with Crippen LogP contribution in [0.4, 0.5) is 0 Å². The Hall–Kier alpha value is -2.38. The van der Waals surface area contributed by atoms with Crippen LogP contribution in [0.25, 0.3) is 0 Å². The quantitative estimate of drug-likeness (QED) is 0.420. The third kappa shape index (κ3) is 4.31.